The third-order valence-corrected chi connectivity index (χ3v) is 1.08. The molecule has 1 rings (SSSR count). The maximum Gasteiger partial charge on any atom is 0.0186 e. The Morgan fingerprint density at radius 1 is 1.62 bits per heavy atom. The van der Waals surface area contributed by atoms with Gasteiger partial charge in [0.1, 0.15) is 0 Å². The molecule has 1 aromatic heterocycles. The van der Waals surface area contributed by atoms with Gasteiger partial charge in [0.25, 0.3) is 0 Å². The average molecular weight is 109 g/mol. The summed E-state index contributed by atoms with van der Waals surface area (Å²) in [5, 5.41) is 7.56. The fourth-order valence-electron chi connectivity index (χ4n) is 0.551. The van der Waals surface area contributed by atoms with Gasteiger partial charge in [0.05, 0.1) is 0 Å². The van der Waals surface area contributed by atoms with Gasteiger partial charge in [-0.1, -0.05) is 19.9 Å². The number of hydrogen-bond donors (Lipinski definition) is 0. The van der Waals surface area contributed by atoms with Crippen molar-refractivity contribution in [2.24, 2.45) is 0 Å². The second kappa shape index (κ2) is 1.99. The minimum Gasteiger partial charge on any atom is -0.581 e. The van der Waals surface area contributed by atoms with E-state index in [4.69, 9.17) is 0 Å². The molecule has 0 saturated carbocycles. The van der Waals surface area contributed by atoms with Crippen molar-refractivity contribution in [3.63, 3.8) is 0 Å². The van der Waals surface area contributed by atoms with Crippen LogP contribution in [0, 0.1) is 0 Å². The summed E-state index contributed by atoms with van der Waals surface area (Å²) in [5.74, 6) is 0.512. The van der Waals surface area contributed by atoms with Crippen molar-refractivity contribution in [1.29, 1.82) is 0 Å². The van der Waals surface area contributed by atoms with Gasteiger partial charge >= 0.3 is 0 Å². The predicted molar refractivity (Wildman–Crippen MR) is 31.6 cm³/mol. The molecule has 0 fully saturated rings. The van der Waals surface area contributed by atoms with Gasteiger partial charge in [-0.2, -0.15) is 6.20 Å². The molecule has 0 spiro atoms. The van der Waals surface area contributed by atoms with Gasteiger partial charge < -0.3 is 10.2 Å². The van der Waals surface area contributed by atoms with Gasteiger partial charge in [-0.05, 0) is 5.92 Å². The molecule has 1 heterocycles. The highest BCUT2D eigenvalue weighted by Crippen LogP contribution is 2.07. The van der Waals surface area contributed by atoms with Crippen molar-refractivity contribution in [2.75, 3.05) is 0 Å². The lowest BCUT2D eigenvalue weighted by atomic mass is 10.1. The van der Waals surface area contributed by atoms with Gasteiger partial charge in [-0.25, -0.2) is 0 Å². The molecular weight excluding hydrogens is 100 g/mol. The highest BCUT2D eigenvalue weighted by atomic mass is 15.1. The summed E-state index contributed by atoms with van der Waals surface area (Å²) in [6, 6.07) is 1.94. The van der Waals surface area contributed by atoms with E-state index in [1.807, 2.05) is 6.07 Å². The molecule has 2 heteroatoms. The summed E-state index contributed by atoms with van der Waals surface area (Å²) < 4.78 is 0. The second-order valence-corrected chi connectivity index (χ2v) is 2.11. The lowest BCUT2D eigenvalue weighted by molar-refractivity contribution is 0.806. The third kappa shape index (κ3) is 0.886. The summed E-state index contributed by atoms with van der Waals surface area (Å²) >= 11 is 0. The Bertz CT molecular complexity index is 142. The van der Waals surface area contributed by atoms with Crippen LogP contribution in [0.15, 0.2) is 12.3 Å². The summed E-state index contributed by atoms with van der Waals surface area (Å²) in [6.07, 6.45) is 1.72. The molecule has 0 saturated heterocycles. The highest BCUT2D eigenvalue weighted by molar-refractivity contribution is 5.01. The molecule has 0 radical (unpaired) electrons. The van der Waals surface area contributed by atoms with Crippen LogP contribution in [0.1, 0.15) is 25.5 Å². The third-order valence-electron chi connectivity index (χ3n) is 1.08. The Kier molecular flexibility index (Phi) is 1.33. The molecule has 0 aliphatic heterocycles. The van der Waals surface area contributed by atoms with Crippen LogP contribution in [0.4, 0.5) is 0 Å². The summed E-state index contributed by atoms with van der Waals surface area (Å²) in [7, 11) is 0. The monoisotopic (exact) mass is 109 g/mol. The van der Waals surface area contributed by atoms with E-state index in [1.54, 1.807) is 6.20 Å². The molecule has 0 aliphatic rings. The molecule has 0 N–H and O–H groups in total. The molecule has 0 bridgehead atoms. The Morgan fingerprint density at radius 2 is 2.38 bits per heavy atom. The maximum atomic E-state index is 3.87. The number of aromatic nitrogens is 2. The predicted octanol–water partition coefficient (Wildman–Crippen LogP) is 1.16. The van der Waals surface area contributed by atoms with Crippen molar-refractivity contribution in [3.8, 4) is 0 Å². The standard InChI is InChI=1S/C6H9N2/c1-5(2)6-3-4-7-8-6/h3-5H,1-2H3/q-1. The topological polar surface area (TPSA) is 27.0 Å². The van der Waals surface area contributed by atoms with Crippen LogP contribution in [0.2, 0.25) is 0 Å². The van der Waals surface area contributed by atoms with Crippen molar-refractivity contribution in [3.05, 3.63) is 18.0 Å². The number of nitrogens with zero attached hydrogens (tertiary/aromatic N) is 2. The van der Waals surface area contributed by atoms with Crippen LogP contribution in [0.5, 0.6) is 0 Å². The summed E-state index contributed by atoms with van der Waals surface area (Å²) in [6.45, 7) is 4.20. The van der Waals surface area contributed by atoms with Gasteiger partial charge in [0, 0.05) is 5.69 Å². The Labute approximate surface area is 48.9 Å². The summed E-state index contributed by atoms with van der Waals surface area (Å²) in [5.41, 5.74) is 1.07. The van der Waals surface area contributed by atoms with Crippen molar-refractivity contribution in [2.45, 2.75) is 19.8 Å². The quantitative estimate of drug-likeness (QED) is 0.541. The molecule has 8 heavy (non-hydrogen) atoms. The Morgan fingerprint density at radius 3 is 2.62 bits per heavy atom. The van der Waals surface area contributed by atoms with E-state index in [9.17, 15) is 0 Å². The largest absolute Gasteiger partial charge is 0.581 e. The normalized spacial score (nSPS) is 10.4. The molecule has 2 nitrogen and oxygen atoms in total. The van der Waals surface area contributed by atoms with E-state index in [2.05, 4.69) is 24.0 Å². The first-order valence-corrected chi connectivity index (χ1v) is 2.75. The molecule has 0 amide bonds. The average Bonchev–Trinajstić information content (AvgIpc) is 2.12. The fourth-order valence-corrected chi connectivity index (χ4v) is 0.551. The molecule has 0 atom stereocenters. The van der Waals surface area contributed by atoms with Crippen LogP contribution in [0.25, 0.3) is 0 Å². The zero-order valence-electron chi connectivity index (χ0n) is 5.13. The maximum absolute atomic E-state index is 3.87. The SMILES string of the molecule is CC(C)c1cc[n-]n1. The highest BCUT2D eigenvalue weighted by Gasteiger charge is 1.92. The van der Waals surface area contributed by atoms with Crippen LogP contribution < -0.4 is 5.10 Å². The van der Waals surface area contributed by atoms with Gasteiger partial charge in [-0.3, -0.25) is 0 Å². The lowest BCUT2D eigenvalue weighted by Gasteiger charge is -1.98. The van der Waals surface area contributed by atoms with Crippen LogP contribution in [0.3, 0.4) is 0 Å². The molecule has 0 aliphatic carbocycles. The van der Waals surface area contributed by atoms with Crippen LogP contribution >= 0.6 is 0 Å². The number of hydrogen-bond acceptors (Lipinski definition) is 1. The zero-order chi connectivity index (χ0) is 5.98. The van der Waals surface area contributed by atoms with Gasteiger partial charge in [-0.15, -0.1) is 0 Å². The van der Waals surface area contributed by atoms with E-state index in [0.717, 1.165) is 5.69 Å². The number of rotatable bonds is 1. The van der Waals surface area contributed by atoms with E-state index in [-0.39, 0.29) is 0 Å². The smallest absolute Gasteiger partial charge is 0.0186 e. The minimum absolute atomic E-state index is 0.512. The van der Waals surface area contributed by atoms with E-state index in [1.165, 1.54) is 0 Å². The zero-order valence-corrected chi connectivity index (χ0v) is 5.13. The van der Waals surface area contributed by atoms with Crippen molar-refractivity contribution in [1.82, 2.24) is 10.2 Å². The fraction of sp³-hybridized carbons (Fsp3) is 0.500. The molecule has 44 valence electrons. The Hall–Kier alpha value is -0.790. The molecule has 0 aromatic carbocycles. The summed E-state index contributed by atoms with van der Waals surface area (Å²) in [4.78, 5) is 0. The van der Waals surface area contributed by atoms with Crippen LogP contribution in [-0.2, 0) is 0 Å². The lowest BCUT2D eigenvalue weighted by Crippen LogP contribution is -1.86. The Balaban J connectivity index is 2.77. The molecule has 1 aromatic rings. The van der Waals surface area contributed by atoms with E-state index in [0.29, 0.717) is 5.92 Å². The first-order valence-electron chi connectivity index (χ1n) is 2.75. The first-order chi connectivity index (χ1) is 3.80. The molecular formula is C6H9N2-. The van der Waals surface area contributed by atoms with Crippen LogP contribution in [-0.4, -0.2) is 5.10 Å². The van der Waals surface area contributed by atoms with Crippen molar-refractivity contribution < 1.29 is 0 Å². The first kappa shape index (κ1) is 5.35. The van der Waals surface area contributed by atoms with E-state index < -0.39 is 0 Å². The van der Waals surface area contributed by atoms with Gasteiger partial charge in [0.15, 0.2) is 0 Å². The molecule has 0 unspecified atom stereocenters. The van der Waals surface area contributed by atoms with Gasteiger partial charge in [0.2, 0.25) is 0 Å². The van der Waals surface area contributed by atoms with E-state index >= 15 is 0 Å². The minimum atomic E-state index is 0.512. The van der Waals surface area contributed by atoms with Crippen molar-refractivity contribution >= 4 is 0 Å². The second-order valence-electron chi connectivity index (χ2n) is 2.11.